The lowest BCUT2D eigenvalue weighted by Crippen LogP contribution is -2.30. The molecule has 1 aromatic carbocycles. The Morgan fingerprint density at radius 2 is 2.00 bits per heavy atom. The zero-order chi connectivity index (χ0) is 14.1. The molecule has 0 bridgehead atoms. The van der Waals surface area contributed by atoms with Crippen molar-refractivity contribution in [3.63, 3.8) is 0 Å². The Hall–Kier alpha value is -1.62. The molecule has 0 spiro atoms. The van der Waals surface area contributed by atoms with Crippen LogP contribution in [-0.4, -0.2) is 30.5 Å². The number of nitrogens with zero attached hydrogens (tertiary/aromatic N) is 3. The van der Waals surface area contributed by atoms with Gasteiger partial charge in [0, 0.05) is 11.9 Å². The van der Waals surface area contributed by atoms with E-state index in [-0.39, 0.29) is 5.91 Å². The van der Waals surface area contributed by atoms with Crippen LogP contribution in [-0.2, 0) is 4.79 Å². The second-order valence-electron chi connectivity index (χ2n) is 4.27. The second kappa shape index (κ2) is 8.48. The summed E-state index contributed by atoms with van der Waals surface area (Å²) in [6.45, 7) is 4.04. The van der Waals surface area contributed by atoms with E-state index in [0.29, 0.717) is 11.7 Å². The number of carbonyl (C=O) groups is 1. The third-order valence-corrected chi connectivity index (χ3v) is 2.71. The van der Waals surface area contributed by atoms with E-state index < -0.39 is 0 Å². The predicted molar refractivity (Wildman–Crippen MR) is 84.1 cm³/mol. The van der Waals surface area contributed by atoms with Crippen LogP contribution in [0.4, 0.5) is 5.69 Å². The SMILES string of the molecule is CSCC(=O)N(/C=N/N=C/C(C)C)c1ccccc1. The van der Waals surface area contributed by atoms with Gasteiger partial charge in [-0.15, -0.1) is 5.10 Å². The predicted octanol–water partition coefficient (Wildman–Crippen LogP) is 3.05. The van der Waals surface area contributed by atoms with Crippen molar-refractivity contribution in [2.45, 2.75) is 13.8 Å². The normalized spacial score (nSPS) is 11.6. The van der Waals surface area contributed by atoms with E-state index >= 15 is 0 Å². The fourth-order valence-electron chi connectivity index (χ4n) is 1.31. The Balaban J connectivity index is 2.85. The van der Waals surface area contributed by atoms with Crippen molar-refractivity contribution in [2.24, 2.45) is 16.1 Å². The van der Waals surface area contributed by atoms with Gasteiger partial charge in [-0.2, -0.15) is 16.9 Å². The quantitative estimate of drug-likeness (QED) is 0.456. The fourth-order valence-corrected chi connectivity index (χ4v) is 1.70. The largest absolute Gasteiger partial charge is 0.273 e. The molecule has 0 atom stereocenters. The summed E-state index contributed by atoms with van der Waals surface area (Å²) in [5.74, 6) is 0.737. The average Bonchev–Trinajstić information content (AvgIpc) is 2.39. The van der Waals surface area contributed by atoms with Gasteiger partial charge in [-0.1, -0.05) is 32.0 Å². The Bertz CT molecular complexity index is 443. The summed E-state index contributed by atoms with van der Waals surface area (Å²) in [4.78, 5) is 13.6. The van der Waals surface area contributed by atoms with Crippen LogP contribution in [0.25, 0.3) is 0 Å². The molecule has 0 saturated heterocycles. The fraction of sp³-hybridized carbons (Fsp3) is 0.357. The monoisotopic (exact) mass is 277 g/mol. The molecule has 0 N–H and O–H groups in total. The topological polar surface area (TPSA) is 45.0 Å². The first-order valence-electron chi connectivity index (χ1n) is 6.08. The molecule has 0 saturated carbocycles. The van der Waals surface area contributed by atoms with Crippen LogP contribution in [0.5, 0.6) is 0 Å². The summed E-state index contributed by atoms with van der Waals surface area (Å²) in [6, 6.07) is 9.43. The van der Waals surface area contributed by atoms with Crippen molar-refractivity contribution in [3.05, 3.63) is 30.3 Å². The molecule has 0 radical (unpaired) electrons. The summed E-state index contributed by atoms with van der Waals surface area (Å²) in [7, 11) is 0. The second-order valence-corrected chi connectivity index (χ2v) is 5.14. The average molecular weight is 277 g/mol. The highest BCUT2D eigenvalue weighted by molar-refractivity contribution is 7.99. The lowest BCUT2D eigenvalue weighted by atomic mass is 10.3. The number of benzene rings is 1. The third kappa shape index (κ3) is 5.70. The van der Waals surface area contributed by atoms with Gasteiger partial charge < -0.3 is 0 Å². The number of carbonyl (C=O) groups excluding carboxylic acids is 1. The molecule has 5 heteroatoms. The van der Waals surface area contributed by atoms with Gasteiger partial charge in [-0.05, 0) is 24.3 Å². The zero-order valence-electron chi connectivity index (χ0n) is 11.5. The summed E-state index contributed by atoms with van der Waals surface area (Å²) in [5, 5.41) is 7.85. The molecule has 4 nitrogen and oxygen atoms in total. The molecular weight excluding hydrogens is 258 g/mol. The number of para-hydroxylation sites is 1. The number of rotatable bonds is 6. The Morgan fingerprint density at radius 3 is 2.58 bits per heavy atom. The number of thioether (sulfide) groups is 1. The molecule has 19 heavy (non-hydrogen) atoms. The van der Waals surface area contributed by atoms with E-state index in [1.165, 1.54) is 23.0 Å². The third-order valence-electron chi connectivity index (χ3n) is 2.17. The van der Waals surface area contributed by atoms with Crippen molar-refractivity contribution < 1.29 is 4.79 Å². The molecule has 1 amide bonds. The Kier molecular flexibility index (Phi) is 6.89. The van der Waals surface area contributed by atoms with Crippen LogP contribution in [0, 0.1) is 5.92 Å². The smallest absolute Gasteiger partial charge is 0.242 e. The van der Waals surface area contributed by atoms with Crippen LogP contribution < -0.4 is 4.90 Å². The standard InChI is InChI=1S/C14H19N3OS/c1-12(2)9-15-16-11-17(14(18)10-19-3)13-7-5-4-6-8-13/h4-9,11-12H,10H2,1-3H3/b15-9+,16-11+. The lowest BCUT2D eigenvalue weighted by molar-refractivity contribution is -0.115. The van der Waals surface area contributed by atoms with Crippen LogP contribution in [0.15, 0.2) is 40.5 Å². The van der Waals surface area contributed by atoms with Gasteiger partial charge in [0.25, 0.3) is 0 Å². The molecular formula is C14H19N3OS. The maximum absolute atomic E-state index is 12.0. The van der Waals surface area contributed by atoms with E-state index in [1.54, 1.807) is 6.21 Å². The van der Waals surface area contributed by atoms with Gasteiger partial charge in [-0.25, -0.2) is 0 Å². The van der Waals surface area contributed by atoms with Crippen molar-refractivity contribution in [1.29, 1.82) is 0 Å². The maximum Gasteiger partial charge on any atom is 0.242 e. The van der Waals surface area contributed by atoms with Crippen molar-refractivity contribution >= 4 is 35.9 Å². The van der Waals surface area contributed by atoms with E-state index in [2.05, 4.69) is 10.2 Å². The highest BCUT2D eigenvalue weighted by Crippen LogP contribution is 2.13. The van der Waals surface area contributed by atoms with Gasteiger partial charge in [0.15, 0.2) is 0 Å². The number of amides is 1. The van der Waals surface area contributed by atoms with Crippen molar-refractivity contribution in [3.8, 4) is 0 Å². The van der Waals surface area contributed by atoms with E-state index in [4.69, 9.17) is 0 Å². The molecule has 0 aliphatic rings. The summed E-state index contributed by atoms with van der Waals surface area (Å²) in [5.41, 5.74) is 0.796. The number of hydrogen-bond acceptors (Lipinski definition) is 4. The van der Waals surface area contributed by atoms with Crippen LogP contribution in [0.1, 0.15) is 13.8 Å². The van der Waals surface area contributed by atoms with Gasteiger partial charge in [-0.3, -0.25) is 9.69 Å². The van der Waals surface area contributed by atoms with Gasteiger partial charge in [0.1, 0.15) is 6.34 Å². The van der Waals surface area contributed by atoms with E-state index in [9.17, 15) is 4.79 Å². The minimum atomic E-state index is -0.0119. The van der Waals surface area contributed by atoms with Gasteiger partial charge in [0.05, 0.1) is 5.75 Å². The highest BCUT2D eigenvalue weighted by Gasteiger charge is 2.12. The van der Waals surface area contributed by atoms with Gasteiger partial charge >= 0.3 is 0 Å². The lowest BCUT2D eigenvalue weighted by Gasteiger charge is -2.16. The Morgan fingerprint density at radius 1 is 1.32 bits per heavy atom. The molecule has 1 rings (SSSR count). The number of hydrogen-bond donors (Lipinski definition) is 0. The molecule has 1 aromatic rings. The van der Waals surface area contributed by atoms with E-state index in [0.717, 1.165) is 5.69 Å². The van der Waals surface area contributed by atoms with Crippen LogP contribution in [0.2, 0.25) is 0 Å². The van der Waals surface area contributed by atoms with E-state index in [1.807, 2.05) is 50.4 Å². The van der Waals surface area contributed by atoms with Crippen LogP contribution in [0.3, 0.4) is 0 Å². The first-order chi connectivity index (χ1) is 9.15. The molecule has 0 unspecified atom stereocenters. The molecule has 0 aromatic heterocycles. The first kappa shape index (κ1) is 15.4. The maximum atomic E-state index is 12.0. The molecule has 102 valence electrons. The summed E-state index contributed by atoms with van der Waals surface area (Å²) in [6.07, 6.45) is 5.10. The molecule has 0 heterocycles. The highest BCUT2D eigenvalue weighted by atomic mass is 32.2. The van der Waals surface area contributed by atoms with Crippen LogP contribution >= 0.6 is 11.8 Å². The molecule has 0 aliphatic carbocycles. The van der Waals surface area contributed by atoms with Crippen molar-refractivity contribution in [1.82, 2.24) is 0 Å². The minimum absolute atomic E-state index is 0.0119. The summed E-state index contributed by atoms with van der Waals surface area (Å²) < 4.78 is 0. The molecule has 0 aliphatic heterocycles. The minimum Gasteiger partial charge on any atom is -0.273 e. The number of anilines is 1. The van der Waals surface area contributed by atoms with Gasteiger partial charge in [0.2, 0.25) is 5.91 Å². The van der Waals surface area contributed by atoms with Crippen molar-refractivity contribution in [2.75, 3.05) is 16.9 Å². The molecule has 0 fully saturated rings. The zero-order valence-corrected chi connectivity index (χ0v) is 12.3. The first-order valence-corrected chi connectivity index (χ1v) is 7.47. The Labute approximate surface area is 118 Å². The summed E-state index contributed by atoms with van der Waals surface area (Å²) >= 11 is 1.49.